The maximum absolute atomic E-state index is 14.3. The van der Waals surface area contributed by atoms with Gasteiger partial charge < -0.3 is 24.0 Å². The van der Waals surface area contributed by atoms with Crippen LogP contribution in [0.2, 0.25) is 25.7 Å². The minimum atomic E-state index is -1.32. The average molecular weight is 682 g/mol. The Labute approximate surface area is 287 Å². The van der Waals surface area contributed by atoms with Crippen LogP contribution >= 0.6 is 0 Å². The van der Waals surface area contributed by atoms with Crippen molar-refractivity contribution in [3.05, 3.63) is 76.5 Å². The molecule has 0 spiro atoms. The number of fused-ring (bicyclic) bond motifs is 2. The second-order valence-electron chi connectivity index (χ2n) is 13.8. The minimum absolute atomic E-state index is 0.0136. The number of amides is 2. The number of hydrogen-bond acceptors (Lipinski definition) is 9. The van der Waals surface area contributed by atoms with E-state index in [1.807, 2.05) is 47.4 Å². The zero-order valence-electron chi connectivity index (χ0n) is 28.8. The van der Waals surface area contributed by atoms with Crippen LogP contribution in [0.4, 0.5) is 22.0 Å². The summed E-state index contributed by atoms with van der Waals surface area (Å²) in [6.45, 7) is 9.96. The van der Waals surface area contributed by atoms with Gasteiger partial charge in [0.2, 0.25) is 0 Å². The molecule has 13 heteroatoms. The maximum Gasteiger partial charge on any atom is 0.329 e. The van der Waals surface area contributed by atoms with Gasteiger partial charge in [-0.2, -0.15) is 5.26 Å². The van der Waals surface area contributed by atoms with E-state index in [0.717, 1.165) is 59.9 Å². The lowest BCUT2D eigenvalue weighted by Gasteiger charge is -2.40. The molecule has 4 heterocycles. The third-order valence-corrected chi connectivity index (χ3v) is 10.9. The number of nitrogens with zero attached hydrogens (tertiary/aromatic N) is 7. The van der Waals surface area contributed by atoms with Crippen molar-refractivity contribution in [2.75, 3.05) is 50.3 Å². The van der Waals surface area contributed by atoms with Crippen LogP contribution in [0.5, 0.6) is 11.5 Å². The Morgan fingerprint density at radius 1 is 1.00 bits per heavy atom. The molecule has 0 bridgehead atoms. The van der Waals surface area contributed by atoms with Gasteiger partial charge in [0.1, 0.15) is 30.5 Å². The molecule has 4 aromatic rings. The SMILES string of the molecule is COc1cc2ncnc(N3CCC(CN4Cc5ccccc5N(c5cc(C#N)c(=O)n(COCC[Si](C)(C)C)c5)C4=O)CC3)c2cc1OC. The standard InChI is InChI=1S/C36H43N7O5Si/c1-46-32-17-29-30(18-33(32)47-2)38-23-39-34(29)40-12-10-25(11-13-40)20-41-21-26-8-6-7-9-31(26)43(36(41)45)28-16-27(19-37)35(44)42(22-28)24-48-14-15-49(3,4)5/h6-9,16-18,22-23,25H,10-15,20-21,24H2,1-5H3. The van der Waals surface area contributed by atoms with Crippen molar-refractivity contribution in [1.82, 2.24) is 19.4 Å². The topological polar surface area (TPSA) is 126 Å². The summed E-state index contributed by atoms with van der Waals surface area (Å²) in [5.41, 5.74) is 2.52. The van der Waals surface area contributed by atoms with Gasteiger partial charge in [-0.1, -0.05) is 37.8 Å². The molecule has 0 saturated carbocycles. The molecule has 1 saturated heterocycles. The van der Waals surface area contributed by atoms with Crippen LogP contribution in [0.1, 0.15) is 24.0 Å². The number of carbonyl (C=O) groups is 1. The van der Waals surface area contributed by atoms with Crippen molar-refractivity contribution in [3.63, 3.8) is 0 Å². The van der Waals surface area contributed by atoms with Crippen molar-refractivity contribution >= 4 is 42.2 Å². The fourth-order valence-corrected chi connectivity index (χ4v) is 7.25. The minimum Gasteiger partial charge on any atom is -0.493 e. The van der Waals surface area contributed by atoms with Gasteiger partial charge in [-0.15, -0.1) is 0 Å². The molecule has 0 aliphatic carbocycles. The highest BCUT2D eigenvalue weighted by atomic mass is 28.3. The number of piperidine rings is 1. The van der Waals surface area contributed by atoms with E-state index in [0.29, 0.717) is 36.9 Å². The van der Waals surface area contributed by atoms with Crippen LogP contribution in [-0.2, 0) is 18.0 Å². The number of hydrogen-bond donors (Lipinski definition) is 0. The lowest BCUT2D eigenvalue weighted by atomic mass is 9.95. The molecule has 2 aliphatic rings. The molecule has 0 N–H and O–H groups in total. The van der Waals surface area contributed by atoms with Crippen LogP contribution in [-0.4, -0.2) is 74.0 Å². The van der Waals surface area contributed by atoms with Gasteiger partial charge in [-0.25, -0.2) is 14.8 Å². The Balaban J connectivity index is 1.20. The first kappa shape index (κ1) is 33.9. The number of ether oxygens (including phenoxy) is 3. The third kappa shape index (κ3) is 7.25. The first-order chi connectivity index (χ1) is 23.6. The molecule has 0 atom stereocenters. The van der Waals surface area contributed by atoms with E-state index in [-0.39, 0.29) is 24.2 Å². The van der Waals surface area contributed by atoms with Crippen LogP contribution in [0.25, 0.3) is 10.9 Å². The highest BCUT2D eigenvalue weighted by Gasteiger charge is 2.34. The summed E-state index contributed by atoms with van der Waals surface area (Å²) in [6.07, 6.45) is 4.96. The monoisotopic (exact) mass is 681 g/mol. The predicted molar refractivity (Wildman–Crippen MR) is 191 cm³/mol. The average Bonchev–Trinajstić information content (AvgIpc) is 3.10. The van der Waals surface area contributed by atoms with E-state index in [1.54, 1.807) is 31.6 Å². The number of pyridine rings is 1. The molecule has 6 rings (SSSR count). The van der Waals surface area contributed by atoms with Gasteiger partial charge in [0.05, 0.1) is 31.1 Å². The second-order valence-corrected chi connectivity index (χ2v) is 19.4. The summed E-state index contributed by atoms with van der Waals surface area (Å²) >= 11 is 0. The van der Waals surface area contributed by atoms with E-state index in [1.165, 1.54) is 10.6 Å². The van der Waals surface area contributed by atoms with Gasteiger partial charge in [0, 0.05) is 58.5 Å². The Hall–Kier alpha value is -4.93. The van der Waals surface area contributed by atoms with Crippen LogP contribution in [0.3, 0.4) is 0 Å². The Bertz CT molecular complexity index is 1950. The van der Waals surface area contributed by atoms with E-state index in [4.69, 9.17) is 14.2 Å². The number of para-hydroxylation sites is 1. The number of anilines is 3. The lowest BCUT2D eigenvalue weighted by molar-refractivity contribution is 0.0847. The number of nitriles is 1. The number of urea groups is 1. The van der Waals surface area contributed by atoms with Crippen LogP contribution < -0.4 is 24.8 Å². The van der Waals surface area contributed by atoms with Gasteiger partial charge in [0.15, 0.2) is 11.5 Å². The Morgan fingerprint density at radius 3 is 2.45 bits per heavy atom. The first-order valence-corrected chi connectivity index (χ1v) is 20.3. The predicted octanol–water partition coefficient (Wildman–Crippen LogP) is 5.98. The molecule has 2 aliphatic heterocycles. The van der Waals surface area contributed by atoms with E-state index in [2.05, 4.69) is 34.5 Å². The Morgan fingerprint density at radius 2 is 1.73 bits per heavy atom. The smallest absolute Gasteiger partial charge is 0.329 e. The van der Waals surface area contributed by atoms with Gasteiger partial charge >= 0.3 is 6.03 Å². The largest absolute Gasteiger partial charge is 0.493 e. The van der Waals surface area contributed by atoms with Crippen molar-refractivity contribution in [2.45, 2.75) is 51.8 Å². The zero-order chi connectivity index (χ0) is 34.7. The summed E-state index contributed by atoms with van der Waals surface area (Å²) in [5, 5.41) is 10.7. The number of methoxy groups -OCH3 is 2. The molecular formula is C36H43N7O5Si. The zero-order valence-corrected chi connectivity index (χ0v) is 29.8. The van der Waals surface area contributed by atoms with Gasteiger partial charge in [-0.3, -0.25) is 14.3 Å². The molecule has 0 radical (unpaired) electrons. The Kier molecular flexibility index (Phi) is 9.89. The maximum atomic E-state index is 14.3. The fraction of sp³-hybridized carbons (Fsp3) is 0.417. The molecule has 2 aromatic carbocycles. The molecule has 1 fully saturated rings. The summed E-state index contributed by atoms with van der Waals surface area (Å²) in [5.74, 6) is 2.37. The summed E-state index contributed by atoms with van der Waals surface area (Å²) in [6, 6.07) is 15.9. The van der Waals surface area contributed by atoms with Crippen molar-refractivity contribution in [1.29, 1.82) is 5.26 Å². The van der Waals surface area contributed by atoms with Crippen molar-refractivity contribution in [3.8, 4) is 17.6 Å². The number of aromatic nitrogens is 3. The van der Waals surface area contributed by atoms with Gasteiger partial charge in [0.25, 0.3) is 5.56 Å². The lowest BCUT2D eigenvalue weighted by Crippen LogP contribution is -2.48. The van der Waals surface area contributed by atoms with Gasteiger partial charge in [-0.05, 0) is 48.6 Å². The number of benzene rings is 2. The second kappa shape index (κ2) is 14.3. The molecule has 12 nitrogen and oxygen atoms in total. The molecule has 0 unspecified atom stereocenters. The summed E-state index contributed by atoms with van der Waals surface area (Å²) < 4.78 is 18.3. The highest BCUT2D eigenvalue weighted by molar-refractivity contribution is 6.76. The van der Waals surface area contributed by atoms with E-state index in [9.17, 15) is 14.9 Å². The first-order valence-electron chi connectivity index (χ1n) is 16.6. The van der Waals surface area contributed by atoms with Crippen molar-refractivity contribution < 1.29 is 19.0 Å². The van der Waals surface area contributed by atoms with Crippen molar-refractivity contribution in [2.24, 2.45) is 5.92 Å². The number of carbonyl (C=O) groups excluding carboxylic acids is 1. The summed E-state index contributed by atoms with van der Waals surface area (Å²) in [7, 11) is 1.90. The highest BCUT2D eigenvalue weighted by Crippen LogP contribution is 2.38. The molecule has 256 valence electrons. The molecular weight excluding hydrogens is 639 g/mol. The molecule has 49 heavy (non-hydrogen) atoms. The number of rotatable bonds is 11. The fourth-order valence-electron chi connectivity index (χ4n) is 6.49. The van der Waals surface area contributed by atoms with Crippen LogP contribution in [0.15, 0.2) is 59.8 Å². The van der Waals surface area contributed by atoms with E-state index >= 15 is 0 Å². The van der Waals surface area contributed by atoms with E-state index < -0.39 is 13.6 Å². The normalized spacial score (nSPS) is 15.3. The summed E-state index contributed by atoms with van der Waals surface area (Å²) in [4.78, 5) is 42.2. The third-order valence-electron chi connectivity index (χ3n) is 9.24. The van der Waals surface area contributed by atoms with Crippen LogP contribution in [0, 0.1) is 17.2 Å². The molecule has 2 amide bonds. The quantitative estimate of drug-likeness (QED) is 0.139. The molecule has 2 aromatic heterocycles.